The fraction of sp³-hybridized carbons (Fsp3) is 0.333. The van der Waals surface area contributed by atoms with Crippen molar-refractivity contribution < 1.29 is 9.90 Å². The van der Waals surface area contributed by atoms with E-state index >= 15 is 0 Å². The van der Waals surface area contributed by atoms with Crippen LogP contribution in [0.3, 0.4) is 0 Å². The van der Waals surface area contributed by atoms with Crippen molar-refractivity contribution >= 4 is 5.91 Å². The van der Waals surface area contributed by atoms with Crippen molar-refractivity contribution in [2.24, 2.45) is 0 Å². The number of hydrogen-bond donors (Lipinski definition) is 3. The van der Waals surface area contributed by atoms with E-state index in [9.17, 15) is 9.90 Å². The Morgan fingerprint density at radius 1 is 1.40 bits per heavy atom. The van der Waals surface area contributed by atoms with Gasteiger partial charge in [-0.15, -0.1) is 0 Å². The summed E-state index contributed by atoms with van der Waals surface area (Å²) in [6.07, 6.45) is 3.57. The summed E-state index contributed by atoms with van der Waals surface area (Å²) in [4.78, 5) is 12.0. The molecule has 1 aromatic heterocycles. The van der Waals surface area contributed by atoms with Gasteiger partial charge in [0.2, 0.25) is 0 Å². The number of benzene rings is 1. The number of amides is 1. The lowest BCUT2D eigenvalue weighted by Gasteiger charge is -2.08. The van der Waals surface area contributed by atoms with E-state index in [4.69, 9.17) is 0 Å². The lowest BCUT2D eigenvalue weighted by Crippen LogP contribution is -2.25. The predicted octanol–water partition coefficient (Wildman–Crippen LogP) is 2.09. The summed E-state index contributed by atoms with van der Waals surface area (Å²) in [6.45, 7) is 4.41. The van der Waals surface area contributed by atoms with Crippen LogP contribution < -0.4 is 5.32 Å². The van der Waals surface area contributed by atoms with Crippen molar-refractivity contribution in [3.8, 4) is 5.75 Å². The van der Waals surface area contributed by atoms with Crippen molar-refractivity contribution in [3.63, 3.8) is 0 Å². The zero-order valence-corrected chi connectivity index (χ0v) is 11.7. The monoisotopic (exact) mass is 273 g/mol. The molecule has 0 atom stereocenters. The number of carbonyl (C=O) groups is 1. The SMILES string of the molecule is Cc1cc(O)ccc1C(=O)NCCCc1cn[nH]c1C. The molecular weight excluding hydrogens is 254 g/mol. The molecule has 20 heavy (non-hydrogen) atoms. The molecule has 0 aliphatic heterocycles. The normalized spacial score (nSPS) is 10.5. The minimum absolute atomic E-state index is 0.105. The third-order valence-corrected chi connectivity index (χ3v) is 3.30. The quantitative estimate of drug-likeness (QED) is 0.730. The van der Waals surface area contributed by atoms with Crippen molar-refractivity contribution in [1.29, 1.82) is 0 Å². The molecule has 1 aromatic carbocycles. The van der Waals surface area contributed by atoms with Gasteiger partial charge in [-0.2, -0.15) is 5.10 Å². The van der Waals surface area contributed by atoms with Crippen LogP contribution in [0.5, 0.6) is 5.75 Å². The van der Waals surface area contributed by atoms with Crippen molar-refractivity contribution in [2.75, 3.05) is 6.54 Å². The number of aryl methyl sites for hydroxylation is 3. The number of rotatable bonds is 5. The molecule has 0 bridgehead atoms. The molecule has 0 unspecified atom stereocenters. The second-order valence-corrected chi connectivity index (χ2v) is 4.88. The molecule has 0 fully saturated rings. The zero-order chi connectivity index (χ0) is 14.5. The summed E-state index contributed by atoms with van der Waals surface area (Å²) in [7, 11) is 0. The van der Waals surface area contributed by atoms with Crippen LogP contribution in [0.25, 0.3) is 0 Å². The Labute approximate surface area is 118 Å². The van der Waals surface area contributed by atoms with Gasteiger partial charge in [-0.3, -0.25) is 9.89 Å². The summed E-state index contributed by atoms with van der Waals surface area (Å²) >= 11 is 0. The number of phenols is 1. The predicted molar refractivity (Wildman–Crippen MR) is 76.8 cm³/mol. The Morgan fingerprint density at radius 2 is 2.20 bits per heavy atom. The molecule has 2 aromatic rings. The smallest absolute Gasteiger partial charge is 0.251 e. The van der Waals surface area contributed by atoms with E-state index < -0.39 is 0 Å². The average Bonchev–Trinajstić information content (AvgIpc) is 2.80. The highest BCUT2D eigenvalue weighted by Gasteiger charge is 2.08. The third-order valence-electron chi connectivity index (χ3n) is 3.30. The molecule has 0 radical (unpaired) electrons. The molecule has 2 rings (SSSR count). The molecule has 0 aliphatic rings. The van der Waals surface area contributed by atoms with Gasteiger partial charge >= 0.3 is 0 Å². The van der Waals surface area contributed by atoms with Gasteiger partial charge in [0.15, 0.2) is 0 Å². The Morgan fingerprint density at radius 3 is 2.85 bits per heavy atom. The Kier molecular flexibility index (Phi) is 4.40. The van der Waals surface area contributed by atoms with E-state index in [1.165, 1.54) is 11.6 Å². The number of aromatic amines is 1. The first-order valence-electron chi connectivity index (χ1n) is 6.64. The molecule has 0 aliphatic carbocycles. The minimum atomic E-state index is -0.105. The maximum Gasteiger partial charge on any atom is 0.251 e. The van der Waals surface area contributed by atoms with Gasteiger partial charge in [-0.1, -0.05) is 0 Å². The Hall–Kier alpha value is -2.30. The van der Waals surface area contributed by atoms with Crippen LogP contribution in [-0.2, 0) is 6.42 Å². The molecule has 0 saturated heterocycles. The van der Waals surface area contributed by atoms with E-state index in [0.29, 0.717) is 12.1 Å². The topological polar surface area (TPSA) is 78.0 Å². The second kappa shape index (κ2) is 6.23. The van der Waals surface area contributed by atoms with E-state index in [-0.39, 0.29) is 11.7 Å². The van der Waals surface area contributed by atoms with E-state index in [1.807, 2.05) is 20.0 Å². The van der Waals surface area contributed by atoms with Crippen molar-refractivity contribution in [3.05, 3.63) is 46.8 Å². The first kappa shape index (κ1) is 14.1. The molecule has 0 saturated carbocycles. The number of hydrogen-bond acceptors (Lipinski definition) is 3. The highest BCUT2D eigenvalue weighted by atomic mass is 16.3. The van der Waals surface area contributed by atoms with Gasteiger partial charge in [0.1, 0.15) is 5.75 Å². The number of nitrogens with one attached hydrogen (secondary N) is 2. The maximum absolute atomic E-state index is 12.0. The van der Waals surface area contributed by atoms with Gasteiger partial charge in [0, 0.05) is 17.8 Å². The first-order chi connectivity index (χ1) is 9.58. The molecule has 3 N–H and O–H groups in total. The van der Waals surface area contributed by atoms with E-state index in [0.717, 1.165) is 24.1 Å². The van der Waals surface area contributed by atoms with Crippen LogP contribution in [0.4, 0.5) is 0 Å². The third kappa shape index (κ3) is 3.38. The number of aromatic hydroxyl groups is 1. The lowest BCUT2D eigenvalue weighted by atomic mass is 10.1. The first-order valence-corrected chi connectivity index (χ1v) is 6.64. The summed E-state index contributed by atoms with van der Waals surface area (Å²) in [5, 5.41) is 19.1. The molecule has 1 amide bonds. The fourth-order valence-electron chi connectivity index (χ4n) is 2.11. The van der Waals surface area contributed by atoms with Crippen LogP contribution in [-0.4, -0.2) is 27.8 Å². The number of nitrogens with zero attached hydrogens (tertiary/aromatic N) is 1. The van der Waals surface area contributed by atoms with Crippen LogP contribution in [0.1, 0.15) is 33.6 Å². The summed E-state index contributed by atoms with van der Waals surface area (Å²) in [5.41, 5.74) is 3.63. The van der Waals surface area contributed by atoms with Gasteiger partial charge in [0.05, 0.1) is 6.20 Å². The maximum atomic E-state index is 12.0. The Balaban J connectivity index is 1.82. The fourth-order valence-corrected chi connectivity index (χ4v) is 2.11. The number of phenolic OH excluding ortho intramolecular Hbond substituents is 1. The zero-order valence-electron chi connectivity index (χ0n) is 11.7. The molecule has 1 heterocycles. The van der Waals surface area contributed by atoms with E-state index in [1.54, 1.807) is 12.1 Å². The average molecular weight is 273 g/mol. The van der Waals surface area contributed by atoms with Gasteiger partial charge in [-0.05, 0) is 56.0 Å². The van der Waals surface area contributed by atoms with Crippen molar-refractivity contribution in [2.45, 2.75) is 26.7 Å². The number of carbonyl (C=O) groups excluding carboxylic acids is 1. The van der Waals surface area contributed by atoms with Crippen LogP contribution in [0, 0.1) is 13.8 Å². The van der Waals surface area contributed by atoms with Crippen molar-refractivity contribution in [1.82, 2.24) is 15.5 Å². The largest absolute Gasteiger partial charge is 0.508 e. The van der Waals surface area contributed by atoms with Crippen LogP contribution >= 0.6 is 0 Å². The lowest BCUT2D eigenvalue weighted by molar-refractivity contribution is 0.0952. The molecule has 5 nitrogen and oxygen atoms in total. The molecule has 5 heteroatoms. The van der Waals surface area contributed by atoms with Gasteiger partial charge in [0.25, 0.3) is 5.91 Å². The summed E-state index contributed by atoms with van der Waals surface area (Å²) < 4.78 is 0. The number of H-pyrrole nitrogens is 1. The standard InChI is InChI=1S/C15H19N3O2/c1-10-8-13(19)5-6-14(10)15(20)16-7-3-4-12-9-17-18-11(12)2/h5-6,8-9,19H,3-4,7H2,1-2H3,(H,16,20)(H,17,18). The van der Waals surface area contributed by atoms with Gasteiger partial charge < -0.3 is 10.4 Å². The molecule has 106 valence electrons. The van der Waals surface area contributed by atoms with Gasteiger partial charge in [-0.25, -0.2) is 0 Å². The van der Waals surface area contributed by atoms with Crippen LogP contribution in [0.2, 0.25) is 0 Å². The summed E-state index contributed by atoms with van der Waals surface area (Å²) in [6, 6.07) is 4.75. The highest BCUT2D eigenvalue weighted by Crippen LogP contribution is 2.15. The number of aromatic nitrogens is 2. The van der Waals surface area contributed by atoms with E-state index in [2.05, 4.69) is 15.5 Å². The molecule has 0 spiro atoms. The second-order valence-electron chi connectivity index (χ2n) is 4.88. The Bertz CT molecular complexity index is 605. The summed E-state index contributed by atoms with van der Waals surface area (Å²) in [5.74, 6) is 0.0703. The highest BCUT2D eigenvalue weighted by molar-refractivity contribution is 5.95. The molecular formula is C15H19N3O2. The van der Waals surface area contributed by atoms with Crippen LogP contribution in [0.15, 0.2) is 24.4 Å². The minimum Gasteiger partial charge on any atom is -0.508 e.